The molecule has 0 aromatic heterocycles. The number of amides is 1. The number of carbonyl (C=O) groups excluding carboxylic acids is 1. The van der Waals surface area contributed by atoms with Crippen LogP contribution >= 0.6 is 0 Å². The maximum atomic E-state index is 11.9. The molecule has 2 fully saturated rings. The third-order valence-electron chi connectivity index (χ3n) is 4.00. The highest BCUT2D eigenvalue weighted by atomic mass is 16.6. The molecule has 0 aromatic rings. The van der Waals surface area contributed by atoms with Gasteiger partial charge in [-0.05, 0) is 12.8 Å². The first-order chi connectivity index (χ1) is 8.76. The molecule has 5 heteroatoms. The summed E-state index contributed by atoms with van der Waals surface area (Å²) in [6, 6.07) is 0. The Morgan fingerprint density at radius 3 is 2.67 bits per heavy atom. The van der Waals surface area contributed by atoms with Crippen molar-refractivity contribution in [3.8, 4) is 0 Å². The fourth-order valence-corrected chi connectivity index (χ4v) is 2.72. The molecule has 2 N–H and O–H groups in total. The lowest BCUT2D eigenvalue weighted by atomic mass is 9.74. The molecule has 0 spiro atoms. The molecule has 1 unspecified atom stereocenters. The van der Waals surface area contributed by atoms with Gasteiger partial charge in [0, 0.05) is 12.0 Å². The van der Waals surface area contributed by atoms with Crippen molar-refractivity contribution in [3.05, 3.63) is 0 Å². The van der Waals surface area contributed by atoms with Gasteiger partial charge in [-0.2, -0.15) is 0 Å². The van der Waals surface area contributed by atoms with E-state index in [4.69, 9.17) is 9.47 Å². The number of aliphatic hydroxyl groups is 1. The third-order valence-corrected chi connectivity index (χ3v) is 4.00. The normalized spacial score (nSPS) is 27.7. The number of rotatable bonds is 4. The van der Waals surface area contributed by atoms with Gasteiger partial charge < -0.3 is 19.9 Å². The van der Waals surface area contributed by atoms with Crippen LogP contribution in [0, 0.1) is 5.41 Å². The second-order valence-electron chi connectivity index (χ2n) is 5.37. The van der Waals surface area contributed by atoms with Crippen LogP contribution in [-0.4, -0.2) is 50.1 Å². The standard InChI is InChI=1S/C13H23NO4/c15-10-13(4-2-1-3-5-13)9-14-12(16)11-8-17-6-7-18-11/h11,15H,1-10H2,(H,14,16). The van der Waals surface area contributed by atoms with Crippen LogP contribution in [0.2, 0.25) is 0 Å². The van der Waals surface area contributed by atoms with Crippen molar-refractivity contribution in [2.24, 2.45) is 5.41 Å². The Morgan fingerprint density at radius 2 is 2.06 bits per heavy atom. The number of hydrogen-bond donors (Lipinski definition) is 2. The van der Waals surface area contributed by atoms with Crippen LogP contribution in [0.1, 0.15) is 32.1 Å². The van der Waals surface area contributed by atoms with Gasteiger partial charge in [0.2, 0.25) is 0 Å². The summed E-state index contributed by atoms with van der Waals surface area (Å²) < 4.78 is 10.6. The molecule has 2 rings (SSSR count). The van der Waals surface area contributed by atoms with Gasteiger partial charge >= 0.3 is 0 Å². The van der Waals surface area contributed by atoms with Crippen molar-refractivity contribution in [1.82, 2.24) is 5.32 Å². The monoisotopic (exact) mass is 257 g/mol. The lowest BCUT2D eigenvalue weighted by Crippen LogP contribution is -2.48. The first kappa shape index (κ1) is 13.8. The molecule has 1 amide bonds. The lowest BCUT2D eigenvalue weighted by Gasteiger charge is -2.36. The van der Waals surface area contributed by atoms with Gasteiger partial charge in [0.05, 0.1) is 26.4 Å². The van der Waals surface area contributed by atoms with Crippen LogP contribution < -0.4 is 5.32 Å². The van der Waals surface area contributed by atoms with Crippen molar-refractivity contribution in [3.63, 3.8) is 0 Å². The molecule has 18 heavy (non-hydrogen) atoms. The van der Waals surface area contributed by atoms with E-state index in [2.05, 4.69) is 5.32 Å². The smallest absolute Gasteiger partial charge is 0.251 e. The average Bonchev–Trinajstić information content (AvgIpc) is 2.47. The molecule has 1 aliphatic heterocycles. The Hall–Kier alpha value is -0.650. The van der Waals surface area contributed by atoms with Crippen molar-refractivity contribution in [1.29, 1.82) is 0 Å². The van der Waals surface area contributed by atoms with E-state index in [0.717, 1.165) is 25.7 Å². The van der Waals surface area contributed by atoms with Crippen LogP contribution in [0.5, 0.6) is 0 Å². The van der Waals surface area contributed by atoms with Gasteiger partial charge in [0.25, 0.3) is 5.91 Å². The van der Waals surface area contributed by atoms with Crippen LogP contribution in [-0.2, 0) is 14.3 Å². The summed E-state index contributed by atoms with van der Waals surface area (Å²) in [5, 5.41) is 12.5. The number of aliphatic hydroxyl groups excluding tert-OH is 1. The first-order valence-corrected chi connectivity index (χ1v) is 6.84. The molecule has 1 saturated heterocycles. The van der Waals surface area contributed by atoms with E-state index in [0.29, 0.717) is 26.4 Å². The zero-order valence-corrected chi connectivity index (χ0v) is 10.8. The molecule has 0 aromatic carbocycles. The highest BCUT2D eigenvalue weighted by molar-refractivity contribution is 5.81. The van der Waals surface area contributed by atoms with Gasteiger partial charge in [-0.3, -0.25) is 4.79 Å². The highest BCUT2D eigenvalue weighted by Crippen LogP contribution is 2.35. The molecule has 0 radical (unpaired) electrons. The predicted octanol–water partition coefficient (Wildman–Crippen LogP) is 0.461. The quantitative estimate of drug-likeness (QED) is 0.768. The van der Waals surface area contributed by atoms with Crippen molar-refractivity contribution >= 4 is 5.91 Å². The Labute approximate surface area is 108 Å². The Bertz CT molecular complexity index is 270. The summed E-state index contributed by atoms with van der Waals surface area (Å²) in [5.41, 5.74) is -0.122. The minimum absolute atomic E-state index is 0.118. The van der Waals surface area contributed by atoms with E-state index in [9.17, 15) is 9.90 Å². The van der Waals surface area contributed by atoms with Gasteiger partial charge in [-0.25, -0.2) is 0 Å². The van der Waals surface area contributed by atoms with Crippen molar-refractivity contribution < 1.29 is 19.4 Å². The van der Waals surface area contributed by atoms with E-state index < -0.39 is 6.10 Å². The van der Waals surface area contributed by atoms with Crippen LogP contribution in [0.3, 0.4) is 0 Å². The highest BCUT2D eigenvalue weighted by Gasteiger charge is 2.33. The molecule has 1 heterocycles. The van der Waals surface area contributed by atoms with Crippen molar-refractivity contribution in [2.45, 2.75) is 38.2 Å². The second kappa shape index (κ2) is 6.50. The zero-order valence-electron chi connectivity index (χ0n) is 10.8. The summed E-state index contributed by atoms with van der Waals surface area (Å²) in [7, 11) is 0. The van der Waals surface area contributed by atoms with Gasteiger partial charge in [-0.15, -0.1) is 0 Å². The summed E-state index contributed by atoms with van der Waals surface area (Å²) >= 11 is 0. The number of ether oxygens (including phenoxy) is 2. The Kier molecular flexibility index (Phi) is 4.97. The van der Waals surface area contributed by atoms with Crippen molar-refractivity contribution in [2.75, 3.05) is 33.0 Å². The van der Waals surface area contributed by atoms with E-state index in [-0.39, 0.29) is 17.9 Å². The fourth-order valence-electron chi connectivity index (χ4n) is 2.72. The van der Waals surface area contributed by atoms with Crippen LogP contribution in [0.15, 0.2) is 0 Å². The van der Waals surface area contributed by atoms with E-state index in [1.165, 1.54) is 6.42 Å². The minimum atomic E-state index is -0.488. The molecule has 1 atom stereocenters. The summed E-state index contributed by atoms with van der Waals surface area (Å²) in [6.45, 7) is 2.06. The molecule has 0 bridgehead atoms. The number of carbonyl (C=O) groups is 1. The molecule has 2 aliphatic rings. The van der Waals surface area contributed by atoms with Crippen LogP contribution in [0.4, 0.5) is 0 Å². The second-order valence-corrected chi connectivity index (χ2v) is 5.37. The van der Waals surface area contributed by atoms with E-state index in [1.54, 1.807) is 0 Å². The summed E-state index contributed by atoms with van der Waals surface area (Å²) in [4.78, 5) is 11.9. The summed E-state index contributed by atoms with van der Waals surface area (Å²) in [5.74, 6) is -0.118. The number of nitrogens with one attached hydrogen (secondary N) is 1. The number of hydrogen-bond acceptors (Lipinski definition) is 4. The SMILES string of the molecule is O=C(NCC1(CO)CCCCC1)C1COCCO1. The first-order valence-electron chi connectivity index (χ1n) is 6.84. The van der Waals surface area contributed by atoms with Crippen LogP contribution in [0.25, 0.3) is 0 Å². The Balaban J connectivity index is 1.79. The third kappa shape index (κ3) is 3.43. The molecular weight excluding hydrogens is 234 g/mol. The molecular formula is C13H23NO4. The van der Waals surface area contributed by atoms with Gasteiger partial charge in [0.1, 0.15) is 0 Å². The maximum absolute atomic E-state index is 11.9. The predicted molar refractivity (Wildman–Crippen MR) is 66.2 cm³/mol. The molecule has 1 saturated carbocycles. The Morgan fingerprint density at radius 1 is 1.28 bits per heavy atom. The average molecular weight is 257 g/mol. The maximum Gasteiger partial charge on any atom is 0.251 e. The fraction of sp³-hybridized carbons (Fsp3) is 0.923. The topological polar surface area (TPSA) is 67.8 Å². The van der Waals surface area contributed by atoms with Gasteiger partial charge in [-0.1, -0.05) is 19.3 Å². The summed E-state index contributed by atoms with van der Waals surface area (Å²) in [6.07, 6.45) is 5.00. The molecule has 1 aliphatic carbocycles. The van der Waals surface area contributed by atoms with Gasteiger partial charge in [0.15, 0.2) is 6.10 Å². The molecule has 5 nitrogen and oxygen atoms in total. The zero-order chi connectivity index (χ0) is 12.8. The lowest BCUT2D eigenvalue weighted by molar-refractivity contribution is -0.148. The molecule has 104 valence electrons. The largest absolute Gasteiger partial charge is 0.396 e. The minimum Gasteiger partial charge on any atom is -0.396 e. The van der Waals surface area contributed by atoms with E-state index >= 15 is 0 Å². The van der Waals surface area contributed by atoms with E-state index in [1.807, 2.05) is 0 Å².